The molecule has 0 atom stereocenters. The smallest absolute Gasteiger partial charge is 0.305 e. The van der Waals surface area contributed by atoms with E-state index in [2.05, 4.69) is 0 Å². The van der Waals surface area contributed by atoms with Crippen molar-refractivity contribution in [2.75, 3.05) is 13.2 Å². The fourth-order valence-corrected chi connectivity index (χ4v) is 1.54. The lowest BCUT2D eigenvalue weighted by Crippen LogP contribution is -2.04. The van der Waals surface area contributed by atoms with Crippen LogP contribution in [0.25, 0.3) is 0 Å². The molecule has 0 aromatic heterocycles. The third-order valence-electron chi connectivity index (χ3n) is 2.49. The molecule has 106 valence electrons. The molecule has 0 saturated heterocycles. The molecule has 1 aromatic carbocycles. The third-order valence-corrected chi connectivity index (χ3v) is 2.49. The van der Waals surface area contributed by atoms with Crippen LogP contribution in [0.15, 0.2) is 18.2 Å². The number of ether oxygens (including phenoxy) is 2. The summed E-state index contributed by atoms with van der Waals surface area (Å²) in [5.74, 6) is -1.69. The minimum absolute atomic E-state index is 0.191. The Hall–Kier alpha value is -1.65. The molecular weight excluding hydrogens is 254 g/mol. The first kappa shape index (κ1) is 15.4. The van der Waals surface area contributed by atoms with Crippen molar-refractivity contribution in [2.45, 2.75) is 32.6 Å². The fourth-order valence-electron chi connectivity index (χ4n) is 1.54. The highest BCUT2D eigenvalue weighted by molar-refractivity contribution is 5.69. The zero-order chi connectivity index (χ0) is 14.1. The molecule has 3 nitrogen and oxygen atoms in total. The molecule has 0 aliphatic rings. The van der Waals surface area contributed by atoms with E-state index in [9.17, 15) is 13.6 Å². The van der Waals surface area contributed by atoms with E-state index in [-0.39, 0.29) is 5.97 Å². The summed E-state index contributed by atoms with van der Waals surface area (Å²) in [5.41, 5.74) is 0. The second kappa shape index (κ2) is 8.45. The monoisotopic (exact) mass is 272 g/mol. The third kappa shape index (κ3) is 6.18. The van der Waals surface area contributed by atoms with E-state index in [0.717, 1.165) is 31.4 Å². The number of rotatable bonds is 8. The Morgan fingerprint density at radius 3 is 2.63 bits per heavy atom. The first-order valence-electron chi connectivity index (χ1n) is 6.37. The van der Waals surface area contributed by atoms with E-state index in [1.54, 1.807) is 6.92 Å². The Morgan fingerprint density at radius 1 is 1.16 bits per heavy atom. The van der Waals surface area contributed by atoms with Crippen LogP contribution in [-0.4, -0.2) is 19.2 Å². The van der Waals surface area contributed by atoms with Gasteiger partial charge in [-0.25, -0.2) is 8.78 Å². The molecule has 0 fully saturated rings. The van der Waals surface area contributed by atoms with Crippen molar-refractivity contribution < 1.29 is 23.0 Å². The van der Waals surface area contributed by atoms with Gasteiger partial charge in [-0.05, 0) is 38.3 Å². The molecule has 1 rings (SSSR count). The lowest BCUT2D eigenvalue weighted by atomic mass is 10.2. The molecule has 0 N–H and O–H groups in total. The first-order valence-corrected chi connectivity index (χ1v) is 6.37. The van der Waals surface area contributed by atoms with Crippen LogP contribution in [0.5, 0.6) is 5.75 Å². The normalized spacial score (nSPS) is 10.3. The molecule has 0 saturated carbocycles. The van der Waals surface area contributed by atoms with Crippen LogP contribution < -0.4 is 4.74 Å². The highest BCUT2D eigenvalue weighted by atomic mass is 19.2. The number of carbonyl (C=O) groups excluding carboxylic acids is 1. The summed E-state index contributed by atoms with van der Waals surface area (Å²) in [5, 5.41) is 0. The molecule has 0 aliphatic carbocycles. The summed E-state index contributed by atoms with van der Waals surface area (Å²) in [7, 11) is 0. The van der Waals surface area contributed by atoms with Gasteiger partial charge in [-0.15, -0.1) is 0 Å². The number of hydrogen-bond donors (Lipinski definition) is 0. The van der Waals surface area contributed by atoms with Gasteiger partial charge < -0.3 is 9.47 Å². The largest absolute Gasteiger partial charge is 0.493 e. The Balaban J connectivity index is 2.10. The summed E-state index contributed by atoms with van der Waals surface area (Å²) in [6.45, 7) is 2.58. The summed E-state index contributed by atoms with van der Waals surface area (Å²) in [6.07, 6.45) is 2.71. The zero-order valence-electron chi connectivity index (χ0n) is 11.0. The van der Waals surface area contributed by atoms with Gasteiger partial charge in [-0.1, -0.05) is 0 Å². The topological polar surface area (TPSA) is 35.5 Å². The fraction of sp³-hybridized carbons (Fsp3) is 0.500. The Kier molecular flexibility index (Phi) is 6.85. The quantitative estimate of drug-likeness (QED) is 0.537. The lowest BCUT2D eigenvalue weighted by Gasteiger charge is -2.06. The summed E-state index contributed by atoms with van der Waals surface area (Å²) >= 11 is 0. The van der Waals surface area contributed by atoms with Gasteiger partial charge in [0.15, 0.2) is 11.6 Å². The van der Waals surface area contributed by atoms with Gasteiger partial charge in [0.1, 0.15) is 5.75 Å². The zero-order valence-corrected chi connectivity index (χ0v) is 11.0. The van der Waals surface area contributed by atoms with Crippen LogP contribution in [0, 0.1) is 11.6 Å². The Morgan fingerprint density at radius 2 is 1.95 bits per heavy atom. The van der Waals surface area contributed by atoms with E-state index in [4.69, 9.17) is 9.47 Å². The van der Waals surface area contributed by atoms with Crippen molar-refractivity contribution in [1.29, 1.82) is 0 Å². The van der Waals surface area contributed by atoms with Crippen LogP contribution in [0.1, 0.15) is 32.6 Å². The number of benzene rings is 1. The van der Waals surface area contributed by atoms with Crippen LogP contribution in [0.2, 0.25) is 0 Å². The van der Waals surface area contributed by atoms with E-state index in [1.165, 1.54) is 6.07 Å². The minimum Gasteiger partial charge on any atom is -0.493 e. The van der Waals surface area contributed by atoms with Crippen molar-refractivity contribution in [3.8, 4) is 5.75 Å². The van der Waals surface area contributed by atoms with Gasteiger partial charge in [0.05, 0.1) is 13.2 Å². The maximum atomic E-state index is 12.9. The first-order chi connectivity index (χ1) is 9.13. The van der Waals surface area contributed by atoms with Gasteiger partial charge in [-0.2, -0.15) is 0 Å². The van der Waals surface area contributed by atoms with Crippen LogP contribution in [0.4, 0.5) is 8.78 Å². The molecule has 0 spiro atoms. The van der Waals surface area contributed by atoms with Gasteiger partial charge in [0.25, 0.3) is 0 Å². The molecule has 0 bridgehead atoms. The predicted octanol–water partition coefficient (Wildman–Crippen LogP) is 3.47. The molecule has 19 heavy (non-hydrogen) atoms. The molecule has 0 unspecified atom stereocenters. The SMILES string of the molecule is CCOC(=O)CCCCCOc1ccc(F)c(F)c1. The maximum absolute atomic E-state index is 12.9. The van der Waals surface area contributed by atoms with Crippen molar-refractivity contribution in [1.82, 2.24) is 0 Å². The second-order valence-electron chi connectivity index (χ2n) is 4.04. The van der Waals surface area contributed by atoms with Crippen molar-refractivity contribution in [3.05, 3.63) is 29.8 Å². The highest BCUT2D eigenvalue weighted by Gasteiger charge is 2.03. The highest BCUT2D eigenvalue weighted by Crippen LogP contribution is 2.15. The van der Waals surface area contributed by atoms with Gasteiger partial charge in [-0.3, -0.25) is 4.79 Å². The average molecular weight is 272 g/mol. The number of hydrogen-bond acceptors (Lipinski definition) is 3. The molecule has 0 aliphatic heterocycles. The van der Waals surface area contributed by atoms with Crippen molar-refractivity contribution >= 4 is 5.97 Å². The van der Waals surface area contributed by atoms with Crippen molar-refractivity contribution in [2.24, 2.45) is 0 Å². The van der Waals surface area contributed by atoms with E-state index in [1.807, 2.05) is 0 Å². The molecular formula is C14H18F2O3. The summed E-state index contributed by atoms with van der Waals surface area (Å²) in [6, 6.07) is 3.44. The van der Waals surface area contributed by atoms with E-state index < -0.39 is 11.6 Å². The predicted molar refractivity (Wildman–Crippen MR) is 67.0 cm³/mol. The van der Waals surface area contributed by atoms with Crippen LogP contribution in [0.3, 0.4) is 0 Å². The average Bonchev–Trinajstić information content (AvgIpc) is 2.38. The Labute approximate surface area is 111 Å². The second-order valence-corrected chi connectivity index (χ2v) is 4.04. The van der Waals surface area contributed by atoms with Gasteiger partial charge >= 0.3 is 5.97 Å². The van der Waals surface area contributed by atoms with Crippen LogP contribution >= 0.6 is 0 Å². The molecule has 0 heterocycles. The van der Waals surface area contributed by atoms with Gasteiger partial charge in [0, 0.05) is 12.5 Å². The Bertz CT molecular complexity index is 408. The molecule has 1 aromatic rings. The maximum Gasteiger partial charge on any atom is 0.305 e. The van der Waals surface area contributed by atoms with Gasteiger partial charge in [0.2, 0.25) is 0 Å². The number of unbranched alkanes of at least 4 members (excludes halogenated alkanes) is 2. The number of halogens is 2. The molecule has 0 radical (unpaired) electrons. The number of carbonyl (C=O) groups is 1. The minimum atomic E-state index is -0.917. The summed E-state index contributed by atoms with van der Waals surface area (Å²) in [4.78, 5) is 11.0. The van der Waals surface area contributed by atoms with E-state index >= 15 is 0 Å². The van der Waals surface area contributed by atoms with Crippen LogP contribution in [-0.2, 0) is 9.53 Å². The summed E-state index contributed by atoms with van der Waals surface area (Å²) < 4.78 is 35.6. The van der Waals surface area contributed by atoms with Crippen molar-refractivity contribution in [3.63, 3.8) is 0 Å². The number of esters is 1. The van der Waals surface area contributed by atoms with E-state index in [0.29, 0.717) is 25.4 Å². The lowest BCUT2D eigenvalue weighted by molar-refractivity contribution is -0.143. The standard InChI is InChI=1S/C14H18F2O3/c1-2-18-14(17)6-4-3-5-9-19-11-7-8-12(15)13(16)10-11/h7-8,10H,2-6,9H2,1H3. The molecule has 5 heteroatoms. The molecule has 0 amide bonds.